The van der Waals surface area contributed by atoms with Gasteiger partial charge >= 0.3 is 5.97 Å². The minimum Gasteiger partial charge on any atom is -0.457 e. The first-order valence-electron chi connectivity index (χ1n) is 15.2. The molecule has 1 aromatic heterocycles. The van der Waals surface area contributed by atoms with Crippen molar-refractivity contribution in [1.82, 2.24) is 26.1 Å². The number of allylic oxidation sites excluding steroid dienone is 1. The van der Waals surface area contributed by atoms with E-state index in [1.807, 2.05) is 51.1 Å². The highest BCUT2D eigenvalue weighted by atomic mass is 16.5. The van der Waals surface area contributed by atoms with Crippen LogP contribution in [0.3, 0.4) is 0 Å². The van der Waals surface area contributed by atoms with Crippen molar-refractivity contribution in [3.05, 3.63) is 61.0 Å². The van der Waals surface area contributed by atoms with Crippen LogP contribution in [0.25, 0.3) is 16.8 Å². The average molecular weight is 594 g/mol. The van der Waals surface area contributed by atoms with Gasteiger partial charge in [-0.15, -0.1) is 6.58 Å². The highest BCUT2D eigenvalue weighted by molar-refractivity contribution is 5.88. The molecule has 1 aliphatic rings. The number of carbonyl (C=O) groups is 3. The summed E-state index contributed by atoms with van der Waals surface area (Å²) in [5, 5.41) is 20.2. The maximum atomic E-state index is 13.1. The van der Waals surface area contributed by atoms with Gasteiger partial charge in [0, 0.05) is 24.5 Å². The standard InChI is InChI=1S/C33H47N5O5/c1-7-9-10-11-14-29(39)36-30(21(3)4)31(40)35-22(5)32(41)38-17-12-13-28(37-38)33(42)43-23(6)24-15-16-25-20-34-27(8-2)19-26(25)18-24/h7-8,15-16,18-23,28,30,32,37,41H,1-2,9-14,17H2,3-6H3,(H,35,40)(H,36,39). The predicted molar refractivity (Wildman–Crippen MR) is 168 cm³/mol. The van der Waals surface area contributed by atoms with Gasteiger partial charge in [0.25, 0.3) is 0 Å². The lowest BCUT2D eigenvalue weighted by molar-refractivity contribution is -0.158. The van der Waals surface area contributed by atoms with E-state index in [1.54, 1.807) is 24.2 Å². The van der Waals surface area contributed by atoms with Crippen molar-refractivity contribution < 1.29 is 24.2 Å². The number of ether oxygens (including phenoxy) is 1. The van der Waals surface area contributed by atoms with E-state index in [2.05, 4.69) is 34.2 Å². The number of rotatable bonds is 15. The summed E-state index contributed by atoms with van der Waals surface area (Å²) in [6, 6.07) is 5.73. The predicted octanol–water partition coefficient (Wildman–Crippen LogP) is 4.16. The number of aliphatic hydroxyl groups is 1. The summed E-state index contributed by atoms with van der Waals surface area (Å²) in [7, 11) is 0. The highest BCUT2D eigenvalue weighted by Crippen LogP contribution is 2.24. The maximum Gasteiger partial charge on any atom is 0.325 e. The third-order valence-corrected chi connectivity index (χ3v) is 7.70. The van der Waals surface area contributed by atoms with Crippen molar-refractivity contribution in [2.45, 2.75) is 96.7 Å². The molecule has 0 aliphatic carbocycles. The molecule has 5 unspecified atom stereocenters. The van der Waals surface area contributed by atoms with E-state index in [1.165, 1.54) is 0 Å². The highest BCUT2D eigenvalue weighted by Gasteiger charge is 2.34. The number of hydrogen-bond donors (Lipinski definition) is 4. The molecule has 4 N–H and O–H groups in total. The Morgan fingerprint density at radius 1 is 1.14 bits per heavy atom. The third-order valence-electron chi connectivity index (χ3n) is 7.70. The summed E-state index contributed by atoms with van der Waals surface area (Å²) in [4.78, 5) is 42.9. The molecule has 0 saturated carbocycles. The fourth-order valence-corrected chi connectivity index (χ4v) is 5.05. The number of hydrogen-bond acceptors (Lipinski definition) is 8. The number of fused-ring (bicyclic) bond motifs is 1. The molecular weight excluding hydrogens is 546 g/mol. The number of aliphatic hydroxyl groups excluding tert-OH is 1. The number of carbonyl (C=O) groups excluding carboxylic acids is 3. The summed E-state index contributed by atoms with van der Waals surface area (Å²) in [6.45, 7) is 15.2. The van der Waals surface area contributed by atoms with E-state index in [9.17, 15) is 19.5 Å². The Balaban J connectivity index is 1.54. The molecule has 2 heterocycles. The summed E-state index contributed by atoms with van der Waals surface area (Å²) in [5.74, 6) is -1.10. The van der Waals surface area contributed by atoms with Gasteiger partial charge in [-0.25, -0.2) is 10.4 Å². The van der Waals surface area contributed by atoms with Crippen LogP contribution >= 0.6 is 0 Å². The van der Waals surface area contributed by atoms with Crippen molar-refractivity contribution in [3.8, 4) is 0 Å². The molecule has 1 fully saturated rings. The van der Waals surface area contributed by atoms with E-state index < -0.39 is 36.4 Å². The number of amides is 2. The van der Waals surface area contributed by atoms with Gasteiger partial charge in [0.2, 0.25) is 11.8 Å². The molecule has 2 amide bonds. The summed E-state index contributed by atoms with van der Waals surface area (Å²) in [5.41, 5.74) is 4.71. The second-order valence-corrected chi connectivity index (χ2v) is 11.6. The topological polar surface area (TPSA) is 133 Å². The van der Waals surface area contributed by atoms with Gasteiger partial charge in [0.05, 0.1) is 11.7 Å². The summed E-state index contributed by atoms with van der Waals surface area (Å²) in [6.07, 6.45) is 7.68. The minimum atomic E-state index is -1.10. The first kappa shape index (κ1) is 33.9. The molecular formula is C33H47N5O5. The first-order valence-corrected chi connectivity index (χ1v) is 15.2. The van der Waals surface area contributed by atoms with Crippen molar-refractivity contribution in [3.63, 3.8) is 0 Å². The SMILES string of the molecule is C=CCCCCC(=O)NC(C(=O)NC(C)C(O)N1CCCC(C(=O)OC(C)c2ccc3cnc(C=C)cc3c2)N1)C(C)C. The van der Waals surface area contributed by atoms with Crippen LogP contribution in [0.4, 0.5) is 0 Å². The molecule has 5 atom stereocenters. The Kier molecular flexibility index (Phi) is 12.9. The van der Waals surface area contributed by atoms with Gasteiger partial charge in [-0.3, -0.25) is 19.4 Å². The van der Waals surface area contributed by atoms with E-state index in [0.29, 0.717) is 25.8 Å². The van der Waals surface area contributed by atoms with Crippen molar-refractivity contribution in [2.75, 3.05) is 6.54 Å². The molecule has 10 nitrogen and oxygen atoms in total. The smallest absolute Gasteiger partial charge is 0.325 e. The van der Waals surface area contributed by atoms with Crippen LogP contribution < -0.4 is 16.1 Å². The van der Waals surface area contributed by atoms with Crippen LogP contribution in [0.5, 0.6) is 0 Å². The summed E-state index contributed by atoms with van der Waals surface area (Å²) >= 11 is 0. The second-order valence-electron chi connectivity index (χ2n) is 11.6. The number of aromatic nitrogens is 1. The molecule has 234 valence electrons. The van der Waals surface area contributed by atoms with Crippen LogP contribution in [0.1, 0.15) is 83.6 Å². The quantitative estimate of drug-likeness (QED) is 0.138. The Hall–Kier alpha value is -3.60. The van der Waals surface area contributed by atoms with Gasteiger partial charge in [0.1, 0.15) is 24.4 Å². The molecule has 0 radical (unpaired) electrons. The van der Waals surface area contributed by atoms with Crippen LogP contribution in [-0.4, -0.2) is 63.8 Å². The maximum absolute atomic E-state index is 13.1. The molecule has 1 aliphatic heterocycles. The largest absolute Gasteiger partial charge is 0.457 e. The lowest BCUT2D eigenvalue weighted by atomic mass is 10.0. The molecule has 2 aromatic rings. The zero-order valence-electron chi connectivity index (χ0n) is 25.8. The Bertz CT molecular complexity index is 1280. The Morgan fingerprint density at radius 3 is 2.60 bits per heavy atom. The third kappa shape index (κ3) is 9.71. The molecule has 1 aromatic carbocycles. The molecule has 43 heavy (non-hydrogen) atoms. The number of unbranched alkanes of at least 4 members (excludes halogenated alkanes) is 2. The average Bonchev–Trinajstić information content (AvgIpc) is 3.00. The van der Waals surface area contributed by atoms with E-state index in [0.717, 1.165) is 41.3 Å². The number of benzene rings is 1. The van der Waals surface area contributed by atoms with Crippen molar-refractivity contribution >= 4 is 34.6 Å². The minimum absolute atomic E-state index is 0.140. The number of nitrogens with zero attached hydrogens (tertiary/aromatic N) is 2. The Labute approximate surface area is 254 Å². The summed E-state index contributed by atoms with van der Waals surface area (Å²) < 4.78 is 5.81. The Morgan fingerprint density at radius 2 is 1.91 bits per heavy atom. The zero-order chi connectivity index (χ0) is 31.5. The first-order chi connectivity index (χ1) is 20.5. The molecule has 10 heteroatoms. The van der Waals surface area contributed by atoms with Crippen LogP contribution in [0.2, 0.25) is 0 Å². The fraction of sp³-hybridized carbons (Fsp3) is 0.515. The van der Waals surface area contributed by atoms with Gasteiger partial charge in [-0.2, -0.15) is 0 Å². The van der Waals surface area contributed by atoms with E-state index in [4.69, 9.17) is 4.74 Å². The normalized spacial score (nSPS) is 18.3. The van der Waals surface area contributed by atoms with Crippen molar-refractivity contribution in [2.24, 2.45) is 5.92 Å². The van der Waals surface area contributed by atoms with E-state index >= 15 is 0 Å². The van der Waals surface area contributed by atoms with Gasteiger partial charge in [-0.1, -0.05) is 38.6 Å². The fourth-order valence-electron chi connectivity index (χ4n) is 5.05. The number of pyridine rings is 1. The number of nitrogens with one attached hydrogen (secondary N) is 3. The van der Waals surface area contributed by atoms with Crippen molar-refractivity contribution in [1.29, 1.82) is 0 Å². The van der Waals surface area contributed by atoms with Gasteiger partial charge in [0.15, 0.2) is 0 Å². The second kappa shape index (κ2) is 16.3. The van der Waals surface area contributed by atoms with Crippen LogP contribution in [-0.2, 0) is 19.1 Å². The molecule has 0 spiro atoms. The van der Waals surface area contributed by atoms with Gasteiger partial charge < -0.3 is 20.5 Å². The molecule has 1 saturated heterocycles. The van der Waals surface area contributed by atoms with E-state index in [-0.39, 0.29) is 17.7 Å². The monoisotopic (exact) mass is 593 g/mol. The zero-order valence-corrected chi connectivity index (χ0v) is 25.8. The lowest BCUT2D eigenvalue weighted by Crippen LogP contribution is -2.62. The molecule has 0 bridgehead atoms. The lowest BCUT2D eigenvalue weighted by Gasteiger charge is -2.38. The number of esters is 1. The molecule has 3 rings (SSSR count). The van der Waals surface area contributed by atoms with Crippen LogP contribution in [0.15, 0.2) is 49.7 Å². The number of hydrazine groups is 1. The van der Waals surface area contributed by atoms with Gasteiger partial charge in [-0.05, 0) is 81.0 Å². The van der Waals surface area contributed by atoms with Crippen LogP contribution in [0, 0.1) is 5.92 Å².